The molecule has 1 heterocycles. The molecule has 15 heavy (non-hydrogen) atoms. The van der Waals surface area contributed by atoms with E-state index in [9.17, 15) is 0 Å². The maximum Gasteiger partial charge on any atom is 0.131 e. The summed E-state index contributed by atoms with van der Waals surface area (Å²) >= 11 is 0. The van der Waals surface area contributed by atoms with Crippen LogP contribution in [0.1, 0.15) is 0 Å². The third-order valence-corrected chi connectivity index (χ3v) is 2.16. The van der Waals surface area contributed by atoms with E-state index < -0.39 is 0 Å². The number of benzene rings is 1. The average Bonchev–Trinajstić information content (AvgIpc) is 2.23. The van der Waals surface area contributed by atoms with Crippen molar-refractivity contribution in [2.24, 2.45) is 0 Å². The quantitative estimate of drug-likeness (QED) is 0.608. The van der Waals surface area contributed by atoms with Gasteiger partial charge in [-0.2, -0.15) is 0 Å². The van der Waals surface area contributed by atoms with Crippen molar-refractivity contribution in [3.8, 4) is 11.1 Å². The molecule has 4 heteroatoms. The van der Waals surface area contributed by atoms with Gasteiger partial charge in [0.2, 0.25) is 0 Å². The van der Waals surface area contributed by atoms with Gasteiger partial charge in [-0.15, -0.1) is 0 Å². The van der Waals surface area contributed by atoms with Gasteiger partial charge in [0.25, 0.3) is 0 Å². The predicted octanol–water partition coefficient (Wildman–Crippen LogP) is 1.50. The Labute approximate surface area is 87.7 Å². The highest BCUT2D eigenvalue weighted by Crippen LogP contribution is 2.26. The molecule has 1 aromatic heterocycles. The minimum absolute atomic E-state index is 0.467. The Morgan fingerprint density at radius 3 is 2.20 bits per heavy atom. The fourth-order valence-corrected chi connectivity index (χ4v) is 1.39. The van der Waals surface area contributed by atoms with Gasteiger partial charge in [0, 0.05) is 11.3 Å². The first kappa shape index (κ1) is 9.33. The van der Waals surface area contributed by atoms with Gasteiger partial charge in [0.15, 0.2) is 0 Å². The molecule has 0 bridgehead atoms. The zero-order valence-corrected chi connectivity index (χ0v) is 8.14. The van der Waals surface area contributed by atoms with Crippen molar-refractivity contribution in [3.05, 3.63) is 36.5 Å². The molecule has 1 aromatic carbocycles. The number of rotatable bonds is 1. The average molecular weight is 200 g/mol. The second kappa shape index (κ2) is 3.49. The van der Waals surface area contributed by atoms with Crippen molar-refractivity contribution < 1.29 is 0 Å². The van der Waals surface area contributed by atoms with Crippen molar-refractivity contribution in [1.82, 2.24) is 4.98 Å². The molecule has 0 aliphatic heterocycles. The van der Waals surface area contributed by atoms with Crippen LogP contribution < -0.4 is 17.2 Å². The molecule has 2 rings (SSSR count). The Kier molecular flexibility index (Phi) is 2.17. The van der Waals surface area contributed by atoms with Gasteiger partial charge in [-0.05, 0) is 23.8 Å². The highest BCUT2D eigenvalue weighted by Gasteiger charge is 2.03. The molecule has 4 nitrogen and oxygen atoms in total. The maximum atomic E-state index is 5.76. The third kappa shape index (κ3) is 1.83. The van der Waals surface area contributed by atoms with E-state index in [0.29, 0.717) is 17.2 Å². The maximum absolute atomic E-state index is 5.76. The number of anilines is 3. The molecule has 0 atom stereocenters. The van der Waals surface area contributed by atoms with E-state index in [1.54, 1.807) is 6.07 Å². The summed E-state index contributed by atoms with van der Waals surface area (Å²) in [5.74, 6) is 0.467. The summed E-state index contributed by atoms with van der Waals surface area (Å²) in [7, 11) is 0. The second-order valence-electron chi connectivity index (χ2n) is 3.32. The van der Waals surface area contributed by atoms with Crippen LogP contribution in [0.3, 0.4) is 0 Å². The minimum Gasteiger partial charge on any atom is -0.399 e. The van der Waals surface area contributed by atoms with Gasteiger partial charge in [-0.25, -0.2) is 4.98 Å². The SMILES string of the molecule is Nc1ccc(-c2cc(N)cnc2N)cc1. The zero-order chi connectivity index (χ0) is 10.8. The first-order chi connectivity index (χ1) is 7.16. The lowest BCUT2D eigenvalue weighted by molar-refractivity contribution is 1.34. The van der Waals surface area contributed by atoms with Gasteiger partial charge < -0.3 is 17.2 Å². The van der Waals surface area contributed by atoms with Gasteiger partial charge in [-0.1, -0.05) is 12.1 Å². The molecule has 0 saturated carbocycles. The third-order valence-electron chi connectivity index (χ3n) is 2.16. The molecule has 0 spiro atoms. The van der Waals surface area contributed by atoms with Crippen LogP contribution in [-0.4, -0.2) is 4.98 Å². The van der Waals surface area contributed by atoms with E-state index in [0.717, 1.165) is 11.1 Å². The summed E-state index contributed by atoms with van der Waals surface area (Å²) in [5, 5.41) is 0. The van der Waals surface area contributed by atoms with Gasteiger partial charge >= 0.3 is 0 Å². The van der Waals surface area contributed by atoms with Gasteiger partial charge in [0.05, 0.1) is 11.9 Å². The molecule has 6 N–H and O–H groups in total. The normalized spacial score (nSPS) is 10.1. The van der Waals surface area contributed by atoms with Crippen LogP contribution in [0.25, 0.3) is 11.1 Å². The number of hydrogen-bond acceptors (Lipinski definition) is 4. The molecule has 0 amide bonds. The number of nitrogen functional groups attached to an aromatic ring is 3. The van der Waals surface area contributed by atoms with Crippen molar-refractivity contribution in [2.45, 2.75) is 0 Å². The monoisotopic (exact) mass is 200 g/mol. The van der Waals surface area contributed by atoms with Crippen LogP contribution >= 0.6 is 0 Å². The van der Waals surface area contributed by atoms with Crippen LogP contribution in [-0.2, 0) is 0 Å². The zero-order valence-electron chi connectivity index (χ0n) is 8.14. The van der Waals surface area contributed by atoms with Crippen LogP contribution in [0, 0.1) is 0 Å². The van der Waals surface area contributed by atoms with E-state index in [-0.39, 0.29) is 0 Å². The lowest BCUT2D eigenvalue weighted by Gasteiger charge is -2.06. The molecule has 0 fully saturated rings. The summed E-state index contributed by atoms with van der Waals surface area (Å²) in [6, 6.07) is 9.22. The summed E-state index contributed by atoms with van der Waals surface area (Å²) in [6.45, 7) is 0. The lowest BCUT2D eigenvalue weighted by Crippen LogP contribution is -1.96. The molecule has 0 saturated heterocycles. The molecular formula is C11H12N4. The van der Waals surface area contributed by atoms with E-state index in [1.165, 1.54) is 6.20 Å². The first-order valence-electron chi connectivity index (χ1n) is 4.54. The Morgan fingerprint density at radius 1 is 0.867 bits per heavy atom. The highest BCUT2D eigenvalue weighted by atomic mass is 14.8. The molecule has 0 aliphatic carbocycles. The number of pyridine rings is 1. The van der Waals surface area contributed by atoms with Crippen LogP contribution in [0.2, 0.25) is 0 Å². The Morgan fingerprint density at radius 2 is 1.53 bits per heavy atom. The Hall–Kier alpha value is -2.23. The molecule has 0 unspecified atom stereocenters. The van der Waals surface area contributed by atoms with E-state index in [1.807, 2.05) is 24.3 Å². The molecule has 2 aromatic rings. The largest absolute Gasteiger partial charge is 0.399 e. The molecule has 0 radical (unpaired) electrons. The van der Waals surface area contributed by atoms with Crippen molar-refractivity contribution >= 4 is 17.2 Å². The predicted molar refractivity (Wildman–Crippen MR) is 62.9 cm³/mol. The van der Waals surface area contributed by atoms with Crippen molar-refractivity contribution in [3.63, 3.8) is 0 Å². The standard InChI is InChI=1S/C11H12N4/c12-8-3-1-7(2-4-8)10-5-9(13)6-15-11(10)14/h1-6H,12-13H2,(H2,14,15). The fraction of sp³-hybridized carbons (Fsp3) is 0. The Bertz CT molecular complexity index is 476. The van der Waals surface area contributed by atoms with Crippen LogP contribution in [0.5, 0.6) is 0 Å². The lowest BCUT2D eigenvalue weighted by atomic mass is 10.1. The summed E-state index contributed by atoms with van der Waals surface area (Å²) < 4.78 is 0. The number of aromatic nitrogens is 1. The number of hydrogen-bond donors (Lipinski definition) is 3. The summed E-state index contributed by atoms with van der Waals surface area (Å²) in [5.41, 5.74) is 20.1. The Balaban J connectivity index is 2.53. The van der Waals surface area contributed by atoms with E-state index in [2.05, 4.69) is 4.98 Å². The van der Waals surface area contributed by atoms with E-state index >= 15 is 0 Å². The van der Waals surface area contributed by atoms with E-state index in [4.69, 9.17) is 17.2 Å². The van der Waals surface area contributed by atoms with Crippen molar-refractivity contribution in [1.29, 1.82) is 0 Å². The molecule has 76 valence electrons. The number of nitrogens with two attached hydrogens (primary N) is 3. The highest BCUT2D eigenvalue weighted by molar-refractivity contribution is 5.77. The fourth-order valence-electron chi connectivity index (χ4n) is 1.39. The van der Waals surface area contributed by atoms with Gasteiger partial charge in [0.1, 0.15) is 5.82 Å². The smallest absolute Gasteiger partial charge is 0.131 e. The van der Waals surface area contributed by atoms with Gasteiger partial charge in [-0.3, -0.25) is 0 Å². The topological polar surface area (TPSA) is 91.0 Å². The minimum atomic E-state index is 0.467. The number of nitrogens with zero attached hydrogens (tertiary/aromatic N) is 1. The molecule has 0 aliphatic rings. The summed E-state index contributed by atoms with van der Waals surface area (Å²) in [6.07, 6.45) is 1.54. The summed E-state index contributed by atoms with van der Waals surface area (Å²) in [4.78, 5) is 4.00. The van der Waals surface area contributed by atoms with Crippen LogP contribution in [0.15, 0.2) is 36.5 Å². The second-order valence-corrected chi connectivity index (χ2v) is 3.32. The first-order valence-corrected chi connectivity index (χ1v) is 4.54. The van der Waals surface area contributed by atoms with Crippen molar-refractivity contribution in [2.75, 3.05) is 17.2 Å². The molecular weight excluding hydrogens is 188 g/mol. The van der Waals surface area contributed by atoms with Crippen LogP contribution in [0.4, 0.5) is 17.2 Å².